The Morgan fingerprint density at radius 2 is 1.67 bits per heavy atom. The van der Waals surface area contributed by atoms with Crippen molar-refractivity contribution in [1.82, 2.24) is 24.8 Å². The fourth-order valence-electron chi connectivity index (χ4n) is 4.36. The summed E-state index contributed by atoms with van der Waals surface area (Å²) in [7, 11) is 3.11. The van der Waals surface area contributed by atoms with Gasteiger partial charge in [0.15, 0.2) is 9.66 Å². The molecule has 0 aliphatic carbocycles. The number of hydrogen-bond donors (Lipinski definition) is 0. The van der Waals surface area contributed by atoms with Crippen LogP contribution in [0.15, 0.2) is 40.5 Å². The number of amides is 1. The standard InChI is InChI=1S/C22H22FIN6O3/c1-32-17-8-18(33-2)28-22(27-17)30-11-13-9-29(10-14(13)12-30)21(31)19-15(4-5-16(23)24-19)20-25-6-3-7-26-20/h3-8,13-14H,9-12H2,1-2H3. The van der Waals surface area contributed by atoms with E-state index < -0.39 is 20.7 Å². The first-order valence-corrected chi connectivity index (χ1v) is 12.6. The summed E-state index contributed by atoms with van der Waals surface area (Å²) in [5.41, 5.74) is 0.630. The first-order chi connectivity index (χ1) is 16.1. The molecule has 9 nitrogen and oxygen atoms in total. The normalized spacial score (nSPS) is 22.1. The third-order valence-corrected chi connectivity index (χ3v) is 8.39. The zero-order valence-corrected chi connectivity index (χ0v) is 20.3. The monoisotopic (exact) mass is 564 g/mol. The van der Waals surface area contributed by atoms with Crippen molar-refractivity contribution in [3.63, 3.8) is 0 Å². The van der Waals surface area contributed by atoms with Crippen molar-refractivity contribution in [2.24, 2.45) is 11.8 Å². The molecule has 1 amide bonds. The summed E-state index contributed by atoms with van der Waals surface area (Å²) in [4.78, 5) is 34.8. The maximum atomic E-state index is 14.2. The molecule has 11 heteroatoms. The molecule has 5 heterocycles. The molecule has 2 atom stereocenters. The van der Waals surface area contributed by atoms with E-state index in [0.29, 0.717) is 45.7 Å². The van der Waals surface area contributed by atoms with E-state index in [2.05, 4.69) is 24.8 Å². The molecule has 2 fully saturated rings. The molecular weight excluding hydrogens is 542 g/mol. The molecule has 172 valence electrons. The van der Waals surface area contributed by atoms with Crippen LogP contribution in [0, 0.1) is 11.8 Å². The van der Waals surface area contributed by atoms with Crippen LogP contribution in [0.3, 0.4) is 0 Å². The summed E-state index contributed by atoms with van der Waals surface area (Å²) in [5, 5.41) is 0. The Bertz CT molecular complexity index is 1140. The van der Waals surface area contributed by atoms with Crippen LogP contribution in [0.1, 0.15) is 5.82 Å². The Morgan fingerprint density at radius 3 is 2.27 bits per heavy atom. The molecule has 0 aromatic carbocycles. The first kappa shape index (κ1) is 21.9. The quantitative estimate of drug-likeness (QED) is 0.511. The number of anilines is 1. The highest BCUT2D eigenvalue weighted by Gasteiger charge is 2.43. The molecule has 0 saturated carbocycles. The second-order valence-electron chi connectivity index (χ2n) is 7.91. The van der Waals surface area contributed by atoms with Crippen molar-refractivity contribution in [2.75, 3.05) is 45.3 Å². The van der Waals surface area contributed by atoms with Crippen molar-refractivity contribution in [2.45, 2.75) is 0 Å². The Hall–Kier alpha value is -2.96. The first-order valence-electron chi connectivity index (χ1n) is 10.4. The number of likely N-dealkylation sites (tertiary alicyclic amines) is 1. The number of allylic oxidation sites excluding steroid dienone is 2. The van der Waals surface area contributed by atoms with E-state index in [1.54, 1.807) is 44.8 Å². The molecule has 2 aromatic rings. The Kier molecular flexibility index (Phi) is 6.04. The fourth-order valence-corrected chi connectivity index (χ4v) is 6.52. The van der Waals surface area contributed by atoms with Crippen LogP contribution in [-0.4, -0.2) is 74.7 Å². The average Bonchev–Trinajstić information content (AvgIpc) is 3.43. The Morgan fingerprint density at radius 1 is 1.03 bits per heavy atom. The van der Waals surface area contributed by atoms with E-state index >= 15 is 0 Å². The van der Waals surface area contributed by atoms with Gasteiger partial charge in [-0.1, -0.05) is 0 Å². The van der Waals surface area contributed by atoms with Crippen LogP contribution >= 0.6 is 20.7 Å². The Labute approximate surface area is 200 Å². The maximum absolute atomic E-state index is 14.2. The van der Waals surface area contributed by atoms with Crippen molar-refractivity contribution in [3.8, 4) is 11.8 Å². The van der Waals surface area contributed by atoms with Crippen LogP contribution in [-0.2, 0) is 4.79 Å². The van der Waals surface area contributed by atoms with Crippen molar-refractivity contribution >= 4 is 41.7 Å². The summed E-state index contributed by atoms with van der Waals surface area (Å²) < 4.78 is 25.0. The van der Waals surface area contributed by atoms with Gasteiger partial charge in [-0.3, -0.25) is 4.79 Å². The molecule has 5 rings (SSSR count). The van der Waals surface area contributed by atoms with Gasteiger partial charge in [0.1, 0.15) is 0 Å². The minimum absolute atomic E-state index is 0.106. The second kappa shape index (κ2) is 9.12. The number of carbonyl (C=O) groups is 1. The SMILES string of the molecule is COc1cc(OC)nc(N2CC3CN(C(=O)C4=IC(F)=CC=C4c4ncccn4)CC3C2)n1. The summed E-state index contributed by atoms with van der Waals surface area (Å²) in [6.07, 6.45) is 6.30. The van der Waals surface area contributed by atoms with Gasteiger partial charge in [0.05, 0.1) is 23.8 Å². The summed E-state index contributed by atoms with van der Waals surface area (Å²) in [6, 6.07) is 3.36. The van der Waals surface area contributed by atoms with E-state index in [9.17, 15) is 9.18 Å². The van der Waals surface area contributed by atoms with Gasteiger partial charge in [-0.25, -0.2) is 14.4 Å². The number of carbonyl (C=O) groups excluding carboxylic acids is 1. The lowest BCUT2D eigenvalue weighted by Crippen LogP contribution is -2.38. The molecular formula is C22H22FIN6O3. The zero-order chi connectivity index (χ0) is 22.9. The van der Waals surface area contributed by atoms with Crippen LogP contribution in [0.2, 0.25) is 0 Å². The van der Waals surface area contributed by atoms with E-state index in [1.165, 1.54) is 6.08 Å². The lowest BCUT2D eigenvalue weighted by molar-refractivity contribution is -0.123. The molecule has 2 aromatic heterocycles. The molecule has 2 saturated heterocycles. The van der Waals surface area contributed by atoms with E-state index in [1.807, 2.05) is 4.90 Å². The minimum atomic E-state index is -1.20. The van der Waals surface area contributed by atoms with Crippen LogP contribution in [0.5, 0.6) is 11.8 Å². The number of rotatable bonds is 5. The zero-order valence-electron chi connectivity index (χ0n) is 18.1. The second-order valence-corrected chi connectivity index (χ2v) is 10.6. The highest BCUT2D eigenvalue weighted by Crippen LogP contribution is 2.36. The Balaban J connectivity index is 1.31. The van der Waals surface area contributed by atoms with Gasteiger partial charge in [-0.05, 0) is 38.9 Å². The number of hydrogen-bond acceptors (Lipinski definition) is 8. The predicted molar refractivity (Wildman–Crippen MR) is 129 cm³/mol. The van der Waals surface area contributed by atoms with Gasteiger partial charge in [0.25, 0.3) is 5.91 Å². The third-order valence-electron chi connectivity index (χ3n) is 5.93. The molecule has 0 spiro atoms. The van der Waals surface area contributed by atoms with Gasteiger partial charge in [0.2, 0.25) is 17.7 Å². The summed E-state index contributed by atoms with van der Waals surface area (Å²) >= 11 is -1.20. The third kappa shape index (κ3) is 4.33. The highest BCUT2D eigenvalue weighted by atomic mass is 127. The predicted octanol–water partition coefficient (Wildman–Crippen LogP) is 2.23. The van der Waals surface area contributed by atoms with Crippen molar-refractivity contribution in [1.29, 1.82) is 0 Å². The number of ether oxygens (including phenoxy) is 2. The number of halogens is 2. The minimum Gasteiger partial charge on any atom is -0.481 e. The highest BCUT2D eigenvalue weighted by molar-refractivity contribution is 14.2. The van der Waals surface area contributed by atoms with E-state index in [4.69, 9.17) is 9.47 Å². The van der Waals surface area contributed by atoms with E-state index in [-0.39, 0.29) is 21.6 Å². The number of nitrogens with zero attached hydrogens (tertiary/aromatic N) is 6. The molecule has 3 aliphatic heterocycles. The lowest BCUT2D eigenvalue weighted by Gasteiger charge is -2.23. The average molecular weight is 564 g/mol. The number of fused-ring (bicyclic) bond motifs is 1. The van der Waals surface area contributed by atoms with Gasteiger partial charge in [-0.2, -0.15) is 9.97 Å². The maximum Gasteiger partial charge on any atom is 0.260 e. The number of methoxy groups -OCH3 is 2. The molecule has 0 radical (unpaired) electrons. The van der Waals surface area contributed by atoms with Crippen LogP contribution in [0.4, 0.5) is 10.3 Å². The summed E-state index contributed by atoms with van der Waals surface area (Å²) in [5.74, 6) is 2.38. The van der Waals surface area contributed by atoms with Gasteiger partial charge >= 0.3 is 0 Å². The lowest BCUT2D eigenvalue weighted by atomic mass is 10.0. The molecule has 33 heavy (non-hydrogen) atoms. The van der Waals surface area contributed by atoms with Crippen molar-refractivity contribution < 1.29 is 18.7 Å². The molecule has 3 aliphatic rings. The molecule has 0 bridgehead atoms. The number of aromatic nitrogens is 4. The molecule has 2 unspecified atom stereocenters. The topological polar surface area (TPSA) is 93.6 Å². The molecule has 0 N–H and O–H groups in total. The smallest absolute Gasteiger partial charge is 0.260 e. The largest absolute Gasteiger partial charge is 0.481 e. The van der Waals surface area contributed by atoms with Gasteiger partial charge in [0, 0.05) is 56.0 Å². The van der Waals surface area contributed by atoms with Crippen molar-refractivity contribution in [3.05, 3.63) is 46.3 Å². The fraction of sp³-hybridized carbons (Fsp3) is 0.364. The van der Waals surface area contributed by atoms with Gasteiger partial charge < -0.3 is 19.3 Å². The van der Waals surface area contributed by atoms with Crippen LogP contribution in [0.25, 0.3) is 5.57 Å². The summed E-state index contributed by atoms with van der Waals surface area (Å²) in [6.45, 7) is 2.69. The van der Waals surface area contributed by atoms with Crippen LogP contribution < -0.4 is 14.4 Å². The van der Waals surface area contributed by atoms with Gasteiger partial charge in [-0.15, -0.1) is 0 Å². The van der Waals surface area contributed by atoms with E-state index in [0.717, 1.165) is 13.1 Å².